The Bertz CT molecular complexity index is 533. The van der Waals surface area contributed by atoms with Gasteiger partial charge in [-0.25, -0.2) is 0 Å². The Hall–Kier alpha value is -0.790. The van der Waals surface area contributed by atoms with Crippen molar-refractivity contribution in [3.05, 3.63) is 29.8 Å². The number of ether oxygens (including phenoxy) is 2. The molecule has 2 N–H and O–H groups in total. The van der Waals surface area contributed by atoms with E-state index in [0.717, 1.165) is 62.2 Å². The molecular formula is C19H30N2O3S. The molecule has 0 aromatic heterocycles. The van der Waals surface area contributed by atoms with Crippen molar-refractivity contribution in [3.63, 3.8) is 0 Å². The number of hydrogen-bond acceptors (Lipinski definition) is 6. The average Bonchev–Trinajstić information content (AvgIpc) is 2.60. The predicted octanol–water partition coefficient (Wildman–Crippen LogP) is 1.60. The quantitative estimate of drug-likeness (QED) is 0.692. The van der Waals surface area contributed by atoms with Gasteiger partial charge in [0.1, 0.15) is 18.5 Å². The molecule has 2 fully saturated rings. The van der Waals surface area contributed by atoms with Crippen LogP contribution < -0.4 is 10.1 Å². The number of aliphatic hydroxyl groups is 1. The zero-order valence-electron chi connectivity index (χ0n) is 15.1. The highest BCUT2D eigenvalue weighted by atomic mass is 32.2. The molecule has 0 unspecified atom stereocenters. The normalized spacial score (nSPS) is 21.5. The van der Waals surface area contributed by atoms with Gasteiger partial charge in [0.2, 0.25) is 0 Å². The summed E-state index contributed by atoms with van der Waals surface area (Å²) < 4.78 is 11.2. The summed E-state index contributed by atoms with van der Waals surface area (Å²) in [6.45, 7) is 8.77. The largest absolute Gasteiger partial charge is 0.491 e. The molecule has 25 heavy (non-hydrogen) atoms. The van der Waals surface area contributed by atoms with Crippen molar-refractivity contribution in [2.75, 3.05) is 57.5 Å². The molecule has 2 saturated heterocycles. The van der Waals surface area contributed by atoms with Crippen LogP contribution in [0.15, 0.2) is 24.3 Å². The Morgan fingerprint density at radius 3 is 2.80 bits per heavy atom. The fraction of sp³-hybridized carbons (Fsp3) is 0.684. The smallest absolute Gasteiger partial charge is 0.123 e. The van der Waals surface area contributed by atoms with Crippen LogP contribution in [0.5, 0.6) is 5.75 Å². The van der Waals surface area contributed by atoms with Crippen molar-refractivity contribution in [2.24, 2.45) is 5.41 Å². The molecule has 3 rings (SSSR count). The lowest BCUT2D eigenvalue weighted by atomic mass is 9.89. The lowest BCUT2D eigenvalue weighted by molar-refractivity contribution is -0.0991. The fourth-order valence-corrected chi connectivity index (χ4v) is 4.14. The summed E-state index contributed by atoms with van der Waals surface area (Å²) in [5.74, 6) is 3.18. The number of rotatable bonds is 9. The molecule has 0 spiro atoms. The molecule has 1 aromatic carbocycles. The molecule has 0 aliphatic carbocycles. The molecule has 1 aromatic rings. The van der Waals surface area contributed by atoms with Crippen molar-refractivity contribution in [1.82, 2.24) is 10.2 Å². The first kappa shape index (κ1) is 19.0. The van der Waals surface area contributed by atoms with E-state index >= 15 is 0 Å². The van der Waals surface area contributed by atoms with Gasteiger partial charge in [0.05, 0.1) is 13.2 Å². The lowest BCUT2D eigenvalue weighted by Gasteiger charge is -2.38. The van der Waals surface area contributed by atoms with Gasteiger partial charge in [-0.3, -0.25) is 4.90 Å². The van der Waals surface area contributed by atoms with Crippen molar-refractivity contribution < 1.29 is 14.6 Å². The SMILES string of the molecule is CC1(CNCc2ccccc2OC[C@@H](O)CN2CCSCC2)COC1. The minimum absolute atomic E-state index is 0.263. The maximum atomic E-state index is 10.3. The van der Waals surface area contributed by atoms with E-state index in [2.05, 4.69) is 23.2 Å². The molecule has 0 bridgehead atoms. The van der Waals surface area contributed by atoms with Gasteiger partial charge in [-0.2, -0.15) is 11.8 Å². The van der Waals surface area contributed by atoms with Gasteiger partial charge < -0.3 is 19.9 Å². The van der Waals surface area contributed by atoms with E-state index in [-0.39, 0.29) is 5.41 Å². The molecule has 140 valence electrons. The molecule has 5 nitrogen and oxygen atoms in total. The van der Waals surface area contributed by atoms with Crippen LogP contribution in [0.25, 0.3) is 0 Å². The monoisotopic (exact) mass is 366 g/mol. The Labute approximate surface area is 155 Å². The Kier molecular flexibility index (Phi) is 7.01. The third-order valence-corrected chi connectivity index (χ3v) is 5.69. The van der Waals surface area contributed by atoms with Gasteiger partial charge in [0.25, 0.3) is 0 Å². The van der Waals surface area contributed by atoms with Gasteiger partial charge >= 0.3 is 0 Å². The zero-order valence-corrected chi connectivity index (χ0v) is 15.9. The summed E-state index contributed by atoms with van der Waals surface area (Å²) in [4.78, 5) is 2.32. The number of aliphatic hydroxyl groups excluding tert-OH is 1. The van der Waals surface area contributed by atoms with Gasteiger partial charge in [-0.1, -0.05) is 25.1 Å². The summed E-state index contributed by atoms with van der Waals surface area (Å²) in [6.07, 6.45) is -0.449. The van der Waals surface area contributed by atoms with E-state index in [1.807, 2.05) is 30.0 Å². The molecule has 0 saturated carbocycles. The van der Waals surface area contributed by atoms with Crippen LogP contribution in [-0.2, 0) is 11.3 Å². The van der Waals surface area contributed by atoms with E-state index in [0.29, 0.717) is 13.2 Å². The molecule has 2 aliphatic rings. The van der Waals surface area contributed by atoms with Gasteiger partial charge in [0, 0.05) is 55.2 Å². The summed E-state index contributed by atoms with van der Waals surface area (Å²) in [7, 11) is 0. The first-order chi connectivity index (χ1) is 12.1. The number of thioether (sulfide) groups is 1. The van der Waals surface area contributed by atoms with Crippen LogP contribution in [0.3, 0.4) is 0 Å². The third-order valence-electron chi connectivity index (χ3n) is 4.74. The Morgan fingerprint density at radius 2 is 2.08 bits per heavy atom. The molecule has 2 heterocycles. The molecule has 0 radical (unpaired) electrons. The molecular weight excluding hydrogens is 336 g/mol. The van der Waals surface area contributed by atoms with Crippen molar-refractivity contribution in [2.45, 2.75) is 19.6 Å². The Balaban J connectivity index is 1.43. The highest BCUT2D eigenvalue weighted by Crippen LogP contribution is 2.25. The number of nitrogens with zero attached hydrogens (tertiary/aromatic N) is 1. The van der Waals surface area contributed by atoms with E-state index < -0.39 is 6.10 Å². The molecule has 2 aliphatic heterocycles. The lowest BCUT2D eigenvalue weighted by Crippen LogP contribution is -2.47. The van der Waals surface area contributed by atoms with E-state index in [1.54, 1.807) is 0 Å². The second-order valence-electron chi connectivity index (χ2n) is 7.39. The summed E-state index contributed by atoms with van der Waals surface area (Å²) >= 11 is 1.98. The minimum Gasteiger partial charge on any atom is -0.491 e. The standard InChI is InChI=1S/C19H30N2O3S/c1-19(14-23-15-19)13-20-10-16-4-2-3-5-18(16)24-12-17(22)11-21-6-8-25-9-7-21/h2-5,17,20,22H,6-15H2,1H3/t17-/m0/s1. The summed E-state index contributed by atoms with van der Waals surface area (Å²) in [6, 6.07) is 8.07. The number of β-amino-alcohol motifs (C(OH)–C–C–N with tert-alkyl or cyclic N) is 1. The van der Waals surface area contributed by atoms with Crippen LogP contribution in [0.2, 0.25) is 0 Å². The number of para-hydroxylation sites is 1. The van der Waals surface area contributed by atoms with Crippen molar-refractivity contribution in [1.29, 1.82) is 0 Å². The molecule has 6 heteroatoms. The minimum atomic E-state index is -0.449. The topological polar surface area (TPSA) is 54.0 Å². The zero-order chi connectivity index (χ0) is 17.5. The van der Waals surface area contributed by atoms with Gasteiger partial charge in [0.15, 0.2) is 0 Å². The summed E-state index contributed by atoms with van der Waals surface area (Å²) in [5, 5.41) is 13.8. The van der Waals surface area contributed by atoms with Crippen LogP contribution in [0.4, 0.5) is 0 Å². The average molecular weight is 367 g/mol. The second-order valence-corrected chi connectivity index (χ2v) is 8.62. The van der Waals surface area contributed by atoms with Gasteiger partial charge in [-0.05, 0) is 6.07 Å². The number of nitrogens with one attached hydrogen (secondary N) is 1. The number of benzene rings is 1. The van der Waals surface area contributed by atoms with Crippen LogP contribution in [-0.4, -0.2) is 73.6 Å². The first-order valence-electron chi connectivity index (χ1n) is 9.12. The van der Waals surface area contributed by atoms with E-state index in [1.165, 1.54) is 0 Å². The highest BCUT2D eigenvalue weighted by molar-refractivity contribution is 7.99. The van der Waals surface area contributed by atoms with Crippen LogP contribution >= 0.6 is 11.8 Å². The Morgan fingerprint density at radius 1 is 1.32 bits per heavy atom. The van der Waals surface area contributed by atoms with Crippen molar-refractivity contribution >= 4 is 11.8 Å². The fourth-order valence-electron chi connectivity index (χ4n) is 3.16. The first-order valence-corrected chi connectivity index (χ1v) is 10.3. The molecule has 0 amide bonds. The maximum Gasteiger partial charge on any atom is 0.123 e. The highest BCUT2D eigenvalue weighted by Gasteiger charge is 2.32. The maximum absolute atomic E-state index is 10.3. The molecule has 1 atom stereocenters. The summed E-state index contributed by atoms with van der Waals surface area (Å²) in [5.41, 5.74) is 1.39. The predicted molar refractivity (Wildman–Crippen MR) is 102 cm³/mol. The van der Waals surface area contributed by atoms with E-state index in [4.69, 9.17) is 9.47 Å². The van der Waals surface area contributed by atoms with E-state index in [9.17, 15) is 5.11 Å². The van der Waals surface area contributed by atoms with Crippen LogP contribution in [0.1, 0.15) is 12.5 Å². The second kappa shape index (κ2) is 9.24. The third kappa shape index (κ3) is 5.86. The number of hydrogen-bond donors (Lipinski definition) is 2. The van der Waals surface area contributed by atoms with Crippen molar-refractivity contribution in [3.8, 4) is 5.75 Å². The van der Waals surface area contributed by atoms with Crippen LogP contribution in [0, 0.1) is 5.41 Å². The van der Waals surface area contributed by atoms with Gasteiger partial charge in [-0.15, -0.1) is 0 Å².